The monoisotopic (exact) mass is 202 g/mol. The van der Waals surface area contributed by atoms with Crippen LogP contribution in [0.5, 0.6) is 0 Å². The summed E-state index contributed by atoms with van der Waals surface area (Å²) >= 11 is 1.32. The first-order valence-corrected chi connectivity index (χ1v) is 4.62. The molecule has 0 bridgehead atoms. The van der Waals surface area contributed by atoms with Crippen molar-refractivity contribution in [1.29, 1.82) is 0 Å². The maximum absolute atomic E-state index is 10.9. The summed E-state index contributed by atoms with van der Waals surface area (Å²) in [5.74, 6) is 0.182. The molecule has 0 saturated carbocycles. The van der Waals surface area contributed by atoms with Crippen molar-refractivity contribution in [3.63, 3.8) is 0 Å². The van der Waals surface area contributed by atoms with Gasteiger partial charge in [0.05, 0.1) is 0 Å². The van der Waals surface area contributed by atoms with E-state index in [1.807, 2.05) is 0 Å². The summed E-state index contributed by atoms with van der Waals surface area (Å²) in [5.41, 5.74) is 4.69. The first-order chi connectivity index (χ1) is 6.11. The molecule has 1 amide bonds. The molecule has 13 heavy (non-hydrogen) atoms. The lowest BCUT2D eigenvalue weighted by molar-refractivity contribution is -0.117. The highest BCUT2D eigenvalue weighted by Gasteiger charge is 2.04. The lowest BCUT2D eigenvalue weighted by Gasteiger charge is -1.96. The van der Waals surface area contributed by atoms with Gasteiger partial charge in [0, 0.05) is 19.2 Å². The van der Waals surface area contributed by atoms with Crippen LogP contribution in [0.25, 0.3) is 0 Å². The van der Waals surface area contributed by atoms with E-state index in [9.17, 15) is 9.59 Å². The second-order valence-electron chi connectivity index (χ2n) is 2.44. The van der Waals surface area contributed by atoms with Crippen molar-refractivity contribution in [2.24, 2.45) is 12.8 Å². The van der Waals surface area contributed by atoms with Gasteiger partial charge in [0.2, 0.25) is 5.91 Å². The molecule has 0 unspecified atom stereocenters. The molecule has 6 nitrogen and oxygen atoms in total. The minimum Gasteiger partial charge on any atom is -0.370 e. The van der Waals surface area contributed by atoms with Crippen molar-refractivity contribution < 1.29 is 4.79 Å². The van der Waals surface area contributed by atoms with E-state index in [-0.39, 0.29) is 18.0 Å². The number of aromatic nitrogens is 3. The molecule has 3 N–H and O–H groups in total. The summed E-state index contributed by atoms with van der Waals surface area (Å²) in [7, 11) is 1.61. The third-order valence-corrected chi connectivity index (χ3v) is 2.45. The molecule has 7 heteroatoms. The maximum Gasteiger partial charge on any atom is 0.343 e. The van der Waals surface area contributed by atoms with Crippen molar-refractivity contribution in [3.05, 3.63) is 10.5 Å². The predicted molar refractivity (Wildman–Crippen MR) is 48.4 cm³/mol. The number of nitrogens with one attached hydrogen (secondary N) is 1. The molecule has 0 spiro atoms. The van der Waals surface area contributed by atoms with Gasteiger partial charge in [-0.05, 0) is 0 Å². The average molecular weight is 202 g/mol. The molecular formula is C6H10N4O2S. The van der Waals surface area contributed by atoms with Gasteiger partial charge in [-0.1, -0.05) is 11.8 Å². The molecule has 1 aromatic heterocycles. The summed E-state index contributed by atoms with van der Waals surface area (Å²) < 4.78 is 1.38. The van der Waals surface area contributed by atoms with Gasteiger partial charge in [-0.2, -0.15) is 0 Å². The number of H-pyrrole nitrogens is 1. The molecule has 1 aromatic rings. The Bertz CT molecular complexity index is 356. The number of nitrogens with zero attached hydrogens (tertiary/aromatic N) is 2. The largest absolute Gasteiger partial charge is 0.370 e. The van der Waals surface area contributed by atoms with Crippen LogP contribution < -0.4 is 11.4 Å². The van der Waals surface area contributed by atoms with Crippen molar-refractivity contribution >= 4 is 17.7 Å². The number of rotatable bonds is 4. The normalized spacial score (nSPS) is 10.2. The lowest BCUT2D eigenvalue weighted by Crippen LogP contribution is -2.13. The van der Waals surface area contributed by atoms with Crippen LogP contribution in [0.15, 0.2) is 9.95 Å². The summed E-state index contributed by atoms with van der Waals surface area (Å²) in [5, 5.41) is 6.61. The highest BCUT2D eigenvalue weighted by atomic mass is 32.2. The van der Waals surface area contributed by atoms with Crippen LogP contribution in [0.1, 0.15) is 6.42 Å². The van der Waals surface area contributed by atoms with Crippen LogP contribution in [0.3, 0.4) is 0 Å². The van der Waals surface area contributed by atoms with Gasteiger partial charge < -0.3 is 5.73 Å². The first-order valence-electron chi connectivity index (χ1n) is 3.63. The number of aromatic amines is 1. The zero-order chi connectivity index (χ0) is 9.84. The summed E-state index contributed by atoms with van der Waals surface area (Å²) in [4.78, 5) is 21.3. The van der Waals surface area contributed by atoms with Crippen molar-refractivity contribution in [3.8, 4) is 0 Å². The zero-order valence-electron chi connectivity index (χ0n) is 7.11. The Morgan fingerprint density at radius 3 is 2.92 bits per heavy atom. The fraction of sp³-hybridized carbons (Fsp3) is 0.500. The molecule has 0 fully saturated rings. The molecule has 0 aromatic carbocycles. The first kappa shape index (κ1) is 9.85. The topological polar surface area (TPSA) is 93.8 Å². The smallest absolute Gasteiger partial charge is 0.343 e. The Hall–Kier alpha value is -1.24. The number of amides is 1. The molecule has 0 aliphatic heterocycles. The molecule has 0 saturated heterocycles. The van der Waals surface area contributed by atoms with Crippen LogP contribution in [-0.4, -0.2) is 26.4 Å². The number of primary amides is 1. The Kier molecular flexibility index (Phi) is 3.13. The van der Waals surface area contributed by atoms with Gasteiger partial charge in [-0.15, -0.1) is 5.10 Å². The van der Waals surface area contributed by atoms with Crippen molar-refractivity contribution in [2.45, 2.75) is 11.6 Å². The molecule has 0 radical (unpaired) electrons. The summed E-state index contributed by atoms with van der Waals surface area (Å²) in [6.07, 6.45) is 0.283. The highest BCUT2D eigenvalue weighted by Crippen LogP contribution is 2.12. The Morgan fingerprint density at radius 1 is 1.77 bits per heavy atom. The standard InChI is InChI=1S/C6H10N4O2S/c1-10-5(12)8-9-6(10)13-3-2-4(7)11/h2-3H2,1H3,(H2,7,11)(H,8,12). The van der Waals surface area contributed by atoms with E-state index >= 15 is 0 Å². The average Bonchev–Trinajstić information content (AvgIpc) is 2.35. The van der Waals surface area contributed by atoms with E-state index in [1.54, 1.807) is 7.05 Å². The van der Waals surface area contributed by atoms with E-state index in [2.05, 4.69) is 10.2 Å². The van der Waals surface area contributed by atoms with Gasteiger partial charge in [0.25, 0.3) is 0 Å². The fourth-order valence-corrected chi connectivity index (χ4v) is 1.58. The maximum atomic E-state index is 10.9. The second-order valence-corrected chi connectivity index (χ2v) is 3.50. The van der Waals surface area contributed by atoms with Gasteiger partial charge in [0.1, 0.15) is 0 Å². The summed E-state index contributed by atoms with van der Waals surface area (Å²) in [6, 6.07) is 0. The van der Waals surface area contributed by atoms with E-state index in [4.69, 9.17) is 5.73 Å². The second kappa shape index (κ2) is 4.13. The minimum absolute atomic E-state index is 0.262. The van der Waals surface area contributed by atoms with Gasteiger partial charge in [0.15, 0.2) is 5.16 Å². The fourth-order valence-electron chi connectivity index (χ4n) is 0.705. The SMILES string of the molecule is Cn1c(SCCC(N)=O)n[nH]c1=O. The quantitative estimate of drug-likeness (QED) is 0.617. The number of carbonyl (C=O) groups is 1. The van der Waals surface area contributed by atoms with Gasteiger partial charge in [-0.3, -0.25) is 9.36 Å². The lowest BCUT2D eigenvalue weighted by atomic mass is 10.5. The van der Waals surface area contributed by atoms with Crippen LogP contribution >= 0.6 is 11.8 Å². The molecule has 1 heterocycles. The third-order valence-electron chi connectivity index (χ3n) is 1.42. The van der Waals surface area contributed by atoms with Crippen molar-refractivity contribution in [2.75, 3.05) is 5.75 Å². The molecule has 1 rings (SSSR count). The van der Waals surface area contributed by atoms with E-state index in [0.29, 0.717) is 10.9 Å². The zero-order valence-corrected chi connectivity index (χ0v) is 7.93. The number of nitrogens with two attached hydrogens (primary N) is 1. The Labute approximate surface area is 78.5 Å². The molecular weight excluding hydrogens is 192 g/mol. The van der Waals surface area contributed by atoms with Crippen LogP contribution in [0.4, 0.5) is 0 Å². The van der Waals surface area contributed by atoms with Crippen LogP contribution in [0, 0.1) is 0 Å². The number of hydrogen-bond acceptors (Lipinski definition) is 4. The van der Waals surface area contributed by atoms with E-state index < -0.39 is 0 Å². The predicted octanol–water partition coefficient (Wildman–Crippen LogP) is -0.924. The Morgan fingerprint density at radius 2 is 2.46 bits per heavy atom. The summed E-state index contributed by atoms with van der Waals surface area (Å²) in [6.45, 7) is 0. The van der Waals surface area contributed by atoms with Gasteiger partial charge in [-0.25, -0.2) is 9.89 Å². The molecule has 0 atom stereocenters. The highest BCUT2D eigenvalue weighted by molar-refractivity contribution is 7.99. The number of hydrogen-bond donors (Lipinski definition) is 2. The minimum atomic E-state index is -0.354. The number of carbonyl (C=O) groups excluding carboxylic acids is 1. The van der Waals surface area contributed by atoms with Crippen molar-refractivity contribution in [1.82, 2.24) is 14.8 Å². The van der Waals surface area contributed by atoms with E-state index in [1.165, 1.54) is 16.3 Å². The van der Waals surface area contributed by atoms with Crippen LogP contribution in [0.2, 0.25) is 0 Å². The molecule has 0 aliphatic carbocycles. The molecule has 0 aliphatic rings. The van der Waals surface area contributed by atoms with Gasteiger partial charge >= 0.3 is 5.69 Å². The number of thioether (sulfide) groups is 1. The third kappa shape index (κ3) is 2.62. The Balaban J connectivity index is 2.50. The van der Waals surface area contributed by atoms with Crippen LogP contribution in [-0.2, 0) is 11.8 Å². The molecule has 72 valence electrons. The van der Waals surface area contributed by atoms with E-state index in [0.717, 1.165) is 0 Å².